The molecule has 1 atom stereocenters. The van der Waals surface area contributed by atoms with E-state index in [2.05, 4.69) is 9.64 Å². The Hall–Kier alpha value is -1.88. The molecule has 0 amide bonds. The SMILES string of the molecule is CCOC(=O)C1CCCN1Cc1ccc(C(=O)OC)cc1. The second kappa shape index (κ2) is 7.22. The highest BCUT2D eigenvalue weighted by Gasteiger charge is 2.31. The molecule has 1 aromatic rings. The van der Waals surface area contributed by atoms with E-state index in [4.69, 9.17) is 4.74 Å². The van der Waals surface area contributed by atoms with Gasteiger partial charge in [0.1, 0.15) is 6.04 Å². The Balaban J connectivity index is 2.00. The molecule has 0 aliphatic carbocycles. The van der Waals surface area contributed by atoms with Crippen molar-refractivity contribution in [3.8, 4) is 0 Å². The van der Waals surface area contributed by atoms with Gasteiger partial charge in [0.05, 0.1) is 19.3 Å². The lowest BCUT2D eigenvalue weighted by molar-refractivity contribution is -0.148. The van der Waals surface area contributed by atoms with Crippen LogP contribution in [0.5, 0.6) is 0 Å². The Morgan fingerprint density at radius 1 is 1.29 bits per heavy atom. The van der Waals surface area contributed by atoms with Crippen LogP contribution in [0, 0.1) is 0 Å². The molecule has 1 unspecified atom stereocenters. The highest BCUT2D eigenvalue weighted by Crippen LogP contribution is 2.21. The normalized spacial score (nSPS) is 18.5. The Labute approximate surface area is 124 Å². The van der Waals surface area contributed by atoms with E-state index in [1.807, 2.05) is 19.1 Å². The Morgan fingerprint density at radius 3 is 2.62 bits per heavy atom. The molecule has 0 spiro atoms. The van der Waals surface area contributed by atoms with Gasteiger partial charge in [-0.05, 0) is 44.0 Å². The summed E-state index contributed by atoms with van der Waals surface area (Å²) in [5.41, 5.74) is 1.60. The summed E-state index contributed by atoms with van der Waals surface area (Å²) in [5.74, 6) is -0.478. The highest BCUT2D eigenvalue weighted by molar-refractivity contribution is 5.89. The number of carbonyl (C=O) groups is 2. The largest absolute Gasteiger partial charge is 0.465 e. The number of benzene rings is 1. The Bertz CT molecular complexity index is 498. The molecule has 0 N–H and O–H groups in total. The zero-order valence-corrected chi connectivity index (χ0v) is 12.5. The van der Waals surface area contributed by atoms with E-state index >= 15 is 0 Å². The summed E-state index contributed by atoms with van der Waals surface area (Å²) >= 11 is 0. The van der Waals surface area contributed by atoms with Gasteiger partial charge in [0.15, 0.2) is 0 Å². The maximum Gasteiger partial charge on any atom is 0.337 e. The number of hydrogen-bond donors (Lipinski definition) is 0. The number of methoxy groups -OCH3 is 1. The van der Waals surface area contributed by atoms with Crippen LogP contribution in [0.1, 0.15) is 35.7 Å². The lowest BCUT2D eigenvalue weighted by Crippen LogP contribution is -2.36. The van der Waals surface area contributed by atoms with Crippen molar-refractivity contribution in [1.82, 2.24) is 4.90 Å². The molecule has 1 fully saturated rings. The molecular formula is C16H21NO4. The van der Waals surface area contributed by atoms with E-state index in [-0.39, 0.29) is 18.0 Å². The second-order valence-electron chi connectivity index (χ2n) is 5.07. The fourth-order valence-electron chi connectivity index (χ4n) is 2.62. The summed E-state index contributed by atoms with van der Waals surface area (Å²) in [6.07, 6.45) is 1.85. The van der Waals surface area contributed by atoms with Gasteiger partial charge in [-0.1, -0.05) is 12.1 Å². The van der Waals surface area contributed by atoms with Gasteiger partial charge >= 0.3 is 11.9 Å². The molecule has 0 aromatic heterocycles. The van der Waals surface area contributed by atoms with Crippen molar-refractivity contribution in [2.75, 3.05) is 20.3 Å². The van der Waals surface area contributed by atoms with Gasteiger partial charge in [-0.25, -0.2) is 4.79 Å². The maximum absolute atomic E-state index is 11.9. The van der Waals surface area contributed by atoms with Crippen LogP contribution in [-0.4, -0.2) is 43.1 Å². The third kappa shape index (κ3) is 3.82. The van der Waals surface area contributed by atoms with Crippen LogP contribution < -0.4 is 0 Å². The molecule has 5 heteroatoms. The van der Waals surface area contributed by atoms with E-state index in [1.54, 1.807) is 12.1 Å². The fourth-order valence-corrected chi connectivity index (χ4v) is 2.62. The zero-order valence-electron chi connectivity index (χ0n) is 12.5. The van der Waals surface area contributed by atoms with Crippen LogP contribution in [0.2, 0.25) is 0 Å². The van der Waals surface area contributed by atoms with Gasteiger partial charge in [0.25, 0.3) is 0 Å². The summed E-state index contributed by atoms with van der Waals surface area (Å²) in [6.45, 7) is 3.81. The monoisotopic (exact) mass is 291 g/mol. The van der Waals surface area contributed by atoms with E-state index in [0.29, 0.717) is 18.7 Å². The predicted molar refractivity (Wildman–Crippen MR) is 77.8 cm³/mol. The molecule has 1 aliphatic rings. The van der Waals surface area contributed by atoms with Crippen molar-refractivity contribution in [2.24, 2.45) is 0 Å². The first-order valence-electron chi connectivity index (χ1n) is 7.23. The quantitative estimate of drug-likeness (QED) is 0.777. The zero-order chi connectivity index (χ0) is 15.2. The number of ether oxygens (including phenoxy) is 2. The summed E-state index contributed by atoms with van der Waals surface area (Å²) in [6, 6.07) is 7.14. The van der Waals surface area contributed by atoms with Crippen molar-refractivity contribution in [1.29, 1.82) is 0 Å². The van der Waals surface area contributed by atoms with Crippen LogP contribution >= 0.6 is 0 Å². The third-order valence-corrected chi connectivity index (χ3v) is 3.68. The molecule has 1 heterocycles. The molecule has 114 valence electrons. The van der Waals surface area contributed by atoms with Crippen LogP contribution in [0.4, 0.5) is 0 Å². The minimum Gasteiger partial charge on any atom is -0.465 e. The van der Waals surface area contributed by atoms with Crippen LogP contribution in [0.15, 0.2) is 24.3 Å². The number of nitrogens with zero attached hydrogens (tertiary/aromatic N) is 1. The van der Waals surface area contributed by atoms with Crippen LogP contribution in [0.25, 0.3) is 0 Å². The molecule has 1 aromatic carbocycles. The predicted octanol–water partition coefficient (Wildman–Crippen LogP) is 2.00. The van der Waals surface area contributed by atoms with Gasteiger partial charge in [0, 0.05) is 6.54 Å². The average Bonchev–Trinajstić information content (AvgIpc) is 2.95. The lowest BCUT2D eigenvalue weighted by atomic mass is 10.1. The van der Waals surface area contributed by atoms with E-state index in [0.717, 1.165) is 24.9 Å². The first kappa shape index (κ1) is 15.5. The first-order chi connectivity index (χ1) is 10.2. The summed E-state index contributed by atoms with van der Waals surface area (Å²) in [4.78, 5) is 25.4. The second-order valence-corrected chi connectivity index (χ2v) is 5.07. The molecule has 0 saturated carbocycles. The highest BCUT2D eigenvalue weighted by atomic mass is 16.5. The topological polar surface area (TPSA) is 55.8 Å². The van der Waals surface area contributed by atoms with Crippen molar-refractivity contribution >= 4 is 11.9 Å². The summed E-state index contributed by atoms with van der Waals surface area (Å²) in [5, 5.41) is 0. The molecule has 0 radical (unpaired) electrons. The number of carbonyl (C=O) groups excluding carboxylic acids is 2. The number of esters is 2. The van der Waals surface area contributed by atoms with Crippen LogP contribution in [0.3, 0.4) is 0 Å². The van der Waals surface area contributed by atoms with Crippen molar-refractivity contribution in [3.05, 3.63) is 35.4 Å². The Kier molecular flexibility index (Phi) is 5.33. The Morgan fingerprint density at radius 2 is 2.00 bits per heavy atom. The van der Waals surface area contributed by atoms with E-state index in [1.165, 1.54) is 7.11 Å². The minimum atomic E-state index is -0.341. The number of likely N-dealkylation sites (tertiary alicyclic amines) is 1. The first-order valence-corrected chi connectivity index (χ1v) is 7.23. The van der Waals surface area contributed by atoms with Crippen molar-refractivity contribution in [2.45, 2.75) is 32.4 Å². The van der Waals surface area contributed by atoms with Crippen LogP contribution in [-0.2, 0) is 20.8 Å². The summed E-state index contributed by atoms with van der Waals surface area (Å²) < 4.78 is 9.79. The number of hydrogen-bond acceptors (Lipinski definition) is 5. The van der Waals surface area contributed by atoms with Gasteiger partial charge in [-0.15, -0.1) is 0 Å². The fraction of sp³-hybridized carbons (Fsp3) is 0.500. The molecule has 21 heavy (non-hydrogen) atoms. The molecule has 2 rings (SSSR count). The maximum atomic E-state index is 11.9. The number of rotatable bonds is 5. The van der Waals surface area contributed by atoms with Gasteiger partial charge in [-0.3, -0.25) is 9.69 Å². The minimum absolute atomic E-state index is 0.138. The molecule has 0 bridgehead atoms. The van der Waals surface area contributed by atoms with Crippen molar-refractivity contribution < 1.29 is 19.1 Å². The average molecular weight is 291 g/mol. The molecule has 1 aliphatic heterocycles. The third-order valence-electron chi connectivity index (χ3n) is 3.68. The molecule has 1 saturated heterocycles. The standard InChI is InChI=1S/C16H21NO4/c1-3-21-16(19)14-5-4-10-17(14)11-12-6-8-13(9-7-12)15(18)20-2/h6-9,14H,3-5,10-11H2,1-2H3. The molecule has 5 nitrogen and oxygen atoms in total. The lowest BCUT2D eigenvalue weighted by Gasteiger charge is -2.22. The van der Waals surface area contributed by atoms with E-state index in [9.17, 15) is 9.59 Å². The smallest absolute Gasteiger partial charge is 0.337 e. The van der Waals surface area contributed by atoms with Gasteiger partial charge in [0.2, 0.25) is 0 Å². The van der Waals surface area contributed by atoms with E-state index < -0.39 is 0 Å². The van der Waals surface area contributed by atoms with Gasteiger partial charge in [-0.2, -0.15) is 0 Å². The van der Waals surface area contributed by atoms with Gasteiger partial charge < -0.3 is 9.47 Å². The molecular weight excluding hydrogens is 270 g/mol. The van der Waals surface area contributed by atoms with Crippen molar-refractivity contribution in [3.63, 3.8) is 0 Å². The summed E-state index contributed by atoms with van der Waals surface area (Å²) in [7, 11) is 1.37.